The molecule has 0 saturated heterocycles. The fourth-order valence-corrected chi connectivity index (χ4v) is 2.78. The maximum absolute atomic E-state index is 10.9. The van der Waals surface area contributed by atoms with E-state index in [1.54, 1.807) is 17.4 Å². The van der Waals surface area contributed by atoms with E-state index >= 15 is 0 Å². The molecule has 0 amide bonds. The van der Waals surface area contributed by atoms with E-state index in [1.807, 2.05) is 42.5 Å². The molecule has 0 bridgehead atoms. The highest BCUT2D eigenvalue weighted by molar-refractivity contribution is 7.21. The number of hydrogen-bond acceptors (Lipinski definition) is 3. The summed E-state index contributed by atoms with van der Waals surface area (Å²) in [6.45, 7) is 0. The van der Waals surface area contributed by atoms with Gasteiger partial charge in [0.2, 0.25) is 0 Å². The first-order chi connectivity index (χ1) is 8.38. The number of aromatic nitrogens is 1. The maximum atomic E-state index is 10.9. The highest BCUT2D eigenvalue weighted by Crippen LogP contribution is 2.30. The van der Waals surface area contributed by atoms with E-state index < -0.39 is 0 Å². The van der Waals surface area contributed by atoms with Gasteiger partial charge in [-0.2, -0.15) is 0 Å². The van der Waals surface area contributed by atoms with E-state index in [0.717, 1.165) is 27.1 Å². The van der Waals surface area contributed by atoms with E-state index in [2.05, 4.69) is 4.98 Å². The molecule has 0 saturated carbocycles. The van der Waals surface area contributed by atoms with Crippen LogP contribution >= 0.6 is 11.3 Å². The SMILES string of the molecule is O=Cc1cccc2sc(-c3ccccc3)nc12. The largest absolute Gasteiger partial charge is 0.298 e. The van der Waals surface area contributed by atoms with Gasteiger partial charge in [-0.05, 0) is 12.1 Å². The van der Waals surface area contributed by atoms with Crippen LogP contribution in [0.2, 0.25) is 0 Å². The van der Waals surface area contributed by atoms with Crippen LogP contribution in [-0.4, -0.2) is 11.3 Å². The molecule has 0 fully saturated rings. The van der Waals surface area contributed by atoms with Crippen molar-refractivity contribution in [3.05, 3.63) is 54.1 Å². The van der Waals surface area contributed by atoms with Crippen LogP contribution in [0.5, 0.6) is 0 Å². The summed E-state index contributed by atoms with van der Waals surface area (Å²) >= 11 is 1.61. The molecule has 3 rings (SSSR count). The third-order valence-corrected chi connectivity index (χ3v) is 3.67. The molecule has 0 atom stereocenters. The molecule has 0 unspecified atom stereocenters. The Morgan fingerprint density at radius 2 is 1.82 bits per heavy atom. The summed E-state index contributed by atoms with van der Waals surface area (Å²) in [6, 6.07) is 15.7. The number of aldehydes is 1. The summed E-state index contributed by atoms with van der Waals surface area (Å²) in [4.78, 5) is 15.5. The molecule has 0 aliphatic heterocycles. The summed E-state index contributed by atoms with van der Waals surface area (Å²) in [7, 11) is 0. The lowest BCUT2D eigenvalue weighted by atomic mass is 10.2. The molecule has 0 radical (unpaired) electrons. The molecule has 1 aromatic heterocycles. The molecule has 2 nitrogen and oxygen atoms in total. The predicted molar refractivity (Wildman–Crippen MR) is 70.4 cm³/mol. The molecule has 0 spiro atoms. The van der Waals surface area contributed by atoms with Crippen molar-refractivity contribution in [1.29, 1.82) is 0 Å². The topological polar surface area (TPSA) is 30.0 Å². The van der Waals surface area contributed by atoms with Gasteiger partial charge in [0.05, 0.1) is 10.2 Å². The lowest BCUT2D eigenvalue weighted by Gasteiger charge is -1.92. The van der Waals surface area contributed by atoms with Gasteiger partial charge in [-0.3, -0.25) is 4.79 Å². The third kappa shape index (κ3) is 1.74. The summed E-state index contributed by atoms with van der Waals surface area (Å²) in [5, 5.41) is 0.954. The predicted octanol–water partition coefficient (Wildman–Crippen LogP) is 3.78. The van der Waals surface area contributed by atoms with Crippen LogP contribution < -0.4 is 0 Å². The zero-order valence-electron chi connectivity index (χ0n) is 8.96. The Kier molecular flexibility index (Phi) is 2.46. The van der Waals surface area contributed by atoms with Crippen LogP contribution in [0.4, 0.5) is 0 Å². The molecule has 17 heavy (non-hydrogen) atoms. The number of rotatable bonds is 2. The van der Waals surface area contributed by atoms with Gasteiger partial charge in [-0.15, -0.1) is 11.3 Å². The quantitative estimate of drug-likeness (QED) is 0.637. The summed E-state index contributed by atoms with van der Waals surface area (Å²) in [5.74, 6) is 0. The molecule has 1 heterocycles. The Labute approximate surface area is 103 Å². The van der Waals surface area contributed by atoms with Crippen LogP contribution in [0.3, 0.4) is 0 Å². The van der Waals surface area contributed by atoms with Crippen molar-refractivity contribution in [3.63, 3.8) is 0 Å². The molecule has 0 N–H and O–H groups in total. The summed E-state index contributed by atoms with van der Waals surface area (Å²) in [6.07, 6.45) is 0.858. The average Bonchev–Trinajstić information content (AvgIpc) is 2.83. The fraction of sp³-hybridized carbons (Fsp3) is 0. The van der Waals surface area contributed by atoms with Crippen LogP contribution in [-0.2, 0) is 0 Å². The van der Waals surface area contributed by atoms with Crippen molar-refractivity contribution in [2.24, 2.45) is 0 Å². The van der Waals surface area contributed by atoms with E-state index in [0.29, 0.717) is 5.56 Å². The molecular formula is C14H9NOS. The van der Waals surface area contributed by atoms with E-state index in [4.69, 9.17) is 0 Å². The number of para-hydroxylation sites is 1. The molecule has 0 aliphatic carbocycles. The first-order valence-electron chi connectivity index (χ1n) is 5.28. The summed E-state index contributed by atoms with van der Waals surface area (Å²) in [5.41, 5.74) is 2.54. The Morgan fingerprint density at radius 1 is 1.00 bits per heavy atom. The van der Waals surface area contributed by atoms with Crippen molar-refractivity contribution in [1.82, 2.24) is 4.98 Å². The number of thiazole rings is 1. The zero-order valence-corrected chi connectivity index (χ0v) is 9.78. The van der Waals surface area contributed by atoms with E-state index in [1.165, 1.54) is 0 Å². The van der Waals surface area contributed by atoms with Gasteiger partial charge in [0.25, 0.3) is 0 Å². The highest BCUT2D eigenvalue weighted by Gasteiger charge is 2.08. The molecule has 2 aromatic carbocycles. The van der Waals surface area contributed by atoms with Crippen molar-refractivity contribution in [3.8, 4) is 10.6 Å². The Balaban J connectivity index is 2.24. The van der Waals surface area contributed by atoms with Gasteiger partial charge in [0, 0.05) is 11.1 Å². The normalized spacial score (nSPS) is 10.6. The van der Waals surface area contributed by atoms with Crippen molar-refractivity contribution in [2.45, 2.75) is 0 Å². The minimum atomic E-state index is 0.654. The van der Waals surface area contributed by atoms with Crippen LogP contribution in [0.1, 0.15) is 10.4 Å². The van der Waals surface area contributed by atoms with Gasteiger partial charge < -0.3 is 0 Å². The highest BCUT2D eigenvalue weighted by atomic mass is 32.1. The molecule has 82 valence electrons. The first kappa shape index (κ1) is 10.2. The number of carbonyl (C=O) groups excluding carboxylic acids is 1. The Hall–Kier alpha value is -2.00. The first-order valence-corrected chi connectivity index (χ1v) is 6.10. The van der Waals surface area contributed by atoms with Crippen molar-refractivity contribution in [2.75, 3.05) is 0 Å². The summed E-state index contributed by atoms with van der Waals surface area (Å²) < 4.78 is 1.05. The van der Waals surface area contributed by atoms with Gasteiger partial charge in [0.1, 0.15) is 5.01 Å². The van der Waals surface area contributed by atoms with Crippen LogP contribution in [0, 0.1) is 0 Å². The average molecular weight is 239 g/mol. The number of hydrogen-bond donors (Lipinski definition) is 0. The second-order valence-electron chi connectivity index (χ2n) is 3.70. The smallest absolute Gasteiger partial charge is 0.152 e. The van der Waals surface area contributed by atoms with Gasteiger partial charge >= 0.3 is 0 Å². The van der Waals surface area contributed by atoms with Crippen LogP contribution in [0.15, 0.2) is 48.5 Å². The molecular weight excluding hydrogens is 230 g/mol. The zero-order chi connectivity index (χ0) is 11.7. The van der Waals surface area contributed by atoms with Gasteiger partial charge in [0.15, 0.2) is 6.29 Å². The number of carbonyl (C=O) groups is 1. The Bertz CT molecular complexity index is 673. The van der Waals surface area contributed by atoms with E-state index in [9.17, 15) is 4.79 Å². The number of nitrogens with zero attached hydrogens (tertiary/aromatic N) is 1. The lowest BCUT2D eigenvalue weighted by Crippen LogP contribution is -1.81. The second-order valence-corrected chi connectivity index (χ2v) is 4.73. The third-order valence-electron chi connectivity index (χ3n) is 2.60. The van der Waals surface area contributed by atoms with Crippen molar-refractivity contribution < 1.29 is 4.79 Å². The maximum Gasteiger partial charge on any atom is 0.152 e. The standard InChI is InChI=1S/C14H9NOS/c16-9-11-7-4-8-12-13(11)15-14(17-12)10-5-2-1-3-6-10/h1-9H. The molecule has 0 aliphatic rings. The fourth-order valence-electron chi connectivity index (χ4n) is 1.77. The minimum Gasteiger partial charge on any atom is -0.298 e. The van der Waals surface area contributed by atoms with Crippen molar-refractivity contribution >= 4 is 27.8 Å². The molecule has 3 aromatic rings. The Morgan fingerprint density at radius 3 is 2.59 bits per heavy atom. The lowest BCUT2D eigenvalue weighted by molar-refractivity contribution is 0.112. The number of fused-ring (bicyclic) bond motifs is 1. The van der Waals surface area contributed by atoms with E-state index in [-0.39, 0.29) is 0 Å². The monoisotopic (exact) mass is 239 g/mol. The van der Waals surface area contributed by atoms with Gasteiger partial charge in [-0.25, -0.2) is 4.98 Å². The minimum absolute atomic E-state index is 0.654. The van der Waals surface area contributed by atoms with Gasteiger partial charge in [-0.1, -0.05) is 36.4 Å². The van der Waals surface area contributed by atoms with Crippen LogP contribution in [0.25, 0.3) is 20.8 Å². The second kappa shape index (κ2) is 4.11. The number of benzene rings is 2. The molecule has 3 heteroatoms.